The molecule has 0 fully saturated rings. The summed E-state index contributed by atoms with van der Waals surface area (Å²) in [6.07, 6.45) is 0.988. The highest BCUT2D eigenvalue weighted by Gasteiger charge is 2.23. The van der Waals surface area contributed by atoms with Crippen LogP contribution in [0.25, 0.3) is 0 Å². The van der Waals surface area contributed by atoms with Crippen molar-refractivity contribution in [3.8, 4) is 0 Å². The number of nitrogens with one attached hydrogen (secondary N) is 3. The zero-order valence-electron chi connectivity index (χ0n) is 16.7. The summed E-state index contributed by atoms with van der Waals surface area (Å²) in [7, 11) is -7.05. The number of hydrogen-bond acceptors (Lipinski definition) is 5. The van der Waals surface area contributed by atoms with Crippen LogP contribution in [0, 0.1) is 34.6 Å². The topological polar surface area (TPSA) is 121 Å². The van der Waals surface area contributed by atoms with Gasteiger partial charge in [0.2, 0.25) is 26.0 Å². The van der Waals surface area contributed by atoms with Crippen LogP contribution in [-0.2, 0) is 24.8 Å². The third-order valence-corrected chi connectivity index (χ3v) is 7.12. The van der Waals surface area contributed by atoms with Gasteiger partial charge in [-0.05, 0) is 62.4 Å². The zero-order chi connectivity index (χ0) is 21.0. The van der Waals surface area contributed by atoms with Gasteiger partial charge < -0.3 is 5.32 Å². The maximum atomic E-state index is 12.7. The molecule has 1 amide bonds. The molecule has 1 aromatic carbocycles. The Hall–Kier alpha value is -1.49. The second-order valence-electron chi connectivity index (χ2n) is 6.62. The first-order valence-electron chi connectivity index (χ1n) is 8.56. The number of hydrogen-bond donors (Lipinski definition) is 3. The molecular formula is C17H29N3O5S2. The van der Waals surface area contributed by atoms with Crippen molar-refractivity contribution < 1.29 is 21.6 Å². The van der Waals surface area contributed by atoms with Gasteiger partial charge in [0.05, 0.1) is 11.2 Å². The lowest BCUT2D eigenvalue weighted by atomic mass is 9.95. The van der Waals surface area contributed by atoms with Gasteiger partial charge in [-0.2, -0.15) is 0 Å². The first-order chi connectivity index (χ1) is 12.3. The third-order valence-electron chi connectivity index (χ3n) is 4.66. The molecule has 10 heteroatoms. The van der Waals surface area contributed by atoms with Gasteiger partial charge in [-0.1, -0.05) is 0 Å². The van der Waals surface area contributed by atoms with Gasteiger partial charge in [0.15, 0.2) is 0 Å². The third kappa shape index (κ3) is 6.56. The van der Waals surface area contributed by atoms with Crippen LogP contribution < -0.4 is 14.8 Å². The molecular weight excluding hydrogens is 390 g/mol. The summed E-state index contributed by atoms with van der Waals surface area (Å²) < 4.78 is 52.0. The highest BCUT2D eigenvalue weighted by atomic mass is 32.2. The first kappa shape index (κ1) is 23.5. The predicted octanol–water partition coefficient (Wildman–Crippen LogP) is 0.563. The molecule has 1 aromatic rings. The molecule has 0 spiro atoms. The summed E-state index contributed by atoms with van der Waals surface area (Å²) in [6, 6.07) is 0. The molecule has 0 unspecified atom stereocenters. The van der Waals surface area contributed by atoms with E-state index in [1.165, 1.54) is 0 Å². The largest absolute Gasteiger partial charge is 0.355 e. The van der Waals surface area contributed by atoms with Crippen molar-refractivity contribution >= 4 is 26.0 Å². The lowest BCUT2D eigenvalue weighted by molar-refractivity contribution is -0.120. The van der Waals surface area contributed by atoms with Crippen LogP contribution in [0.1, 0.15) is 34.2 Å². The van der Waals surface area contributed by atoms with Crippen molar-refractivity contribution in [2.24, 2.45) is 0 Å². The summed E-state index contributed by atoms with van der Waals surface area (Å²) >= 11 is 0. The Labute approximate surface area is 162 Å². The Morgan fingerprint density at radius 2 is 1.22 bits per heavy atom. The molecule has 0 saturated heterocycles. The minimum Gasteiger partial charge on any atom is -0.355 e. The Bertz CT molecular complexity index is 893. The molecule has 27 heavy (non-hydrogen) atoms. The molecule has 154 valence electrons. The SMILES string of the molecule is Cc1c(C)c(C)c(S(=O)(=O)NCCC(=O)NCCNS(C)(=O)=O)c(C)c1C. The van der Waals surface area contributed by atoms with Gasteiger partial charge in [-0.3, -0.25) is 4.79 Å². The van der Waals surface area contributed by atoms with Gasteiger partial charge in [0.25, 0.3) is 0 Å². The van der Waals surface area contributed by atoms with Crippen LogP contribution >= 0.6 is 0 Å². The number of rotatable bonds is 9. The number of amides is 1. The van der Waals surface area contributed by atoms with E-state index >= 15 is 0 Å². The van der Waals surface area contributed by atoms with Crippen LogP contribution in [-0.4, -0.2) is 48.6 Å². The van der Waals surface area contributed by atoms with Crippen molar-refractivity contribution in [3.05, 3.63) is 27.8 Å². The summed E-state index contributed by atoms with van der Waals surface area (Å²) in [5.74, 6) is -0.363. The van der Waals surface area contributed by atoms with Crippen LogP contribution in [0.15, 0.2) is 4.90 Å². The molecule has 0 bridgehead atoms. The van der Waals surface area contributed by atoms with Gasteiger partial charge in [0.1, 0.15) is 0 Å². The Balaban J connectivity index is 2.69. The Morgan fingerprint density at radius 3 is 1.70 bits per heavy atom. The molecule has 0 aromatic heterocycles. The summed E-state index contributed by atoms with van der Waals surface area (Å²) in [6.45, 7) is 9.50. The maximum absolute atomic E-state index is 12.7. The number of benzene rings is 1. The molecule has 3 N–H and O–H groups in total. The predicted molar refractivity (Wildman–Crippen MR) is 106 cm³/mol. The van der Waals surface area contributed by atoms with E-state index in [4.69, 9.17) is 0 Å². The van der Waals surface area contributed by atoms with Crippen molar-refractivity contribution in [3.63, 3.8) is 0 Å². The van der Waals surface area contributed by atoms with E-state index in [1.807, 2.05) is 20.8 Å². The van der Waals surface area contributed by atoms with E-state index in [0.717, 1.165) is 22.9 Å². The molecule has 0 aliphatic carbocycles. The lowest BCUT2D eigenvalue weighted by Gasteiger charge is -2.19. The highest BCUT2D eigenvalue weighted by molar-refractivity contribution is 7.89. The normalized spacial score (nSPS) is 12.2. The van der Waals surface area contributed by atoms with Crippen LogP contribution in [0.3, 0.4) is 0 Å². The van der Waals surface area contributed by atoms with E-state index in [-0.39, 0.29) is 36.9 Å². The van der Waals surface area contributed by atoms with Gasteiger partial charge in [-0.15, -0.1) is 0 Å². The number of sulfonamides is 2. The summed E-state index contributed by atoms with van der Waals surface area (Å²) in [5.41, 5.74) is 4.37. The Morgan fingerprint density at radius 1 is 0.741 bits per heavy atom. The molecule has 0 aliphatic rings. The monoisotopic (exact) mass is 419 g/mol. The van der Waals surface area contributed by atoms with Gasteiger partial charge in [-0.25, -0.2) is 26.3 Å². The van der Waals surface area contributed by atoms with E-state index in [2.05, 4.69) is 14.8 Å². The molecule has 8 nitrogen and oxygen atoms in total. The van der Waals surface area contributed by atoms with E-state index in [9.17, 15) is 21.6 Å². The smallest absolute Gasteiger partial charge is 0.241 e. The lowest BCUT2D eigenvalue weighted by Crippen LogP contribution is -2.36. The van der Waals surface area contributed by atoms with Crippen molar-refractivity contribution in [1.82, 2.24) is 14.8 Å². The van der Waals surface area contributed by atoms with Crippen LogP contribution in [0.5, 0.6) is 0 Å². The summed E-state index contributed by atoms with van der Waals surface area (Å²) in [5, 5.41) is 2.53. The van der Waals surface area contributed by atoms with Crippen molar-refractivity contribution in [2.75, 3.05) is 25.9 Å². The number of carbonyl (C=O) groups is 1. The highest BCUT2D eigenvalue weighted by Crippen LogP contribution is 2.29. The fourth-order valence-electron chi connectivity index (χ4n) is 2.77. The molecule has 0 heterocycles. The summed E-state index contributed by atoms with van der Waals surface area (Å²) in [4.78, 5) is 12.0. The molecule has 0 atom stereocenters. The second-order valence-corrected chi connectivity index (χ2v) is 10.2. The van der Waals surface area contributed by atoms with Crippen molar-refractivity contribution in [1.29, 1.82) is 0 Å². The maximum Gasteiger partial charge on any atom is 0.241 e. The fraction of sp³-hybridized carbons (Fsp3) is 0.588. The minimum atomic E-state index is -3.75. The minimum absolute atomic E-state index is 0.0416. The van der Waals surface area contributed by atoms with Crippen molar-refractivity contribution in [2.45, 2.75) is 45.9 Å². The number of carbonyl (C=O) groups excluding carboxylic acids is 1. The zero-order valence-corrected chi connectivity index (χ0v) is 18.3. The molecule has 0 aliphatic heterocycles. The van der Waals surface area contributed by atoms with E-state index in [0.29, 0.717) is 11.1 Å². The second kappa shape index (κ2) is 9.13. The fourth-order valence-corrected chi connectivity index (χ4v) is 4.87. The van der Waals surface area contributed by atoms with Gasteiger partial charge >= 0.3 is 0 Å². The first-order valence-corrected chi connectivity index (χ1v) is 11.9. The van der Waals surface area contributed by atoms with Gasteiger partial charge in [0, 0.05) is 26.1 Å². The van der Waals surface area contributed by atoms with Crippen LogP contribution in [0.4, 0.5) is 0 Å². The average molecular weight is 420 g/mol. The standard InChI is InChI=1S/C17H29N3O5S2/c1-11-12(2)14(4)17(15(5)13(11)3)27(24,25)20-8-7-16(21)18-9-10-19-26(6,22)23/h19-20H,7-10H2,1-6H3,(H,18,21). The Kier molecular flexibility index (Phi) is 7.97. The van der Waals surface area contributed by atoms with Crippen LogP contribution in [0.2, 0.25) is 0 Å². The molecule has 0 saturated carbocycles. The quantitative estimate of drug-likeness (QED) is 0.505. The molecule has 0 radical (unpaired) electrons. The average Bonchev–Trinajstić information content (AvgIpc) is 2.54. The van der Waals surface area contributed by atoms with E-state index < -0.39 is 20.0 Å². The molecule has 1 rings (SSSR count). The van der Waals surface area contributed by atoms with E-state index in [1.54, 1.807) is 13.8 Å².